The Labute approximate surface area is 167 Å². The molecule has 0 unspecified atom stereocenters. The molecule has 2 heterocycles. The maximum Gasteiger partial charge on any atom is 0.338 e. The van der Waals surface area contributed by atoms with Crippen LogP contribution in [0, 0.1) is 0 Å². The fraction of sp³-hybridized carbons (Fsp3) is 0.350. The highest BCUT2D eigenvalue weighted by atomic mass is 32.1. The van der Waals surface area contributed by atoms with Gasteiger partial charge in [0.25, 0.3) is 5.91 Å². The number of thiophene rings is 1. The molecule has 1 aliphatic rings. The van der Waals surface area contributed by atoms with Gasteiger partial charge in [0, 0.05) is 23.3 Å². The minimum Gasteiger partial charge on any atom is -0.452 e. The van der Waals surface area contributed by atoms with Crippen LogP contribution in [0.1, 0.15) is 33.6 Å². The van der Waals surface area contributed by atoms with Crippen molar-refractivity contribution in [3.05, 3.63) is 57.8 Å². The second-order valence-corrected chi connectivity index (χ2v) is 7.75. The number of quaternary nitrogens is 1. The van der Waals surface area contributed by atoms with E-state index in [0.717, 1.165) is 11.4 Å². The lowest BCUT2D eigenvalue weighted by molar-refractivity contribution is -0.901. The first-order valence-electron chi connectivity index (χ1n) is 9.30. The molecule has 1 fully saturated rings. The third kappa shape index (κ3) is 6.17. The van der Waals surface area contributed by atoms with E-state index in [1.54, 1.807) is 17.0 Å². The average molecular weight is 402 g/mol. The zero-order valence-electron chi connectivity index (χ0n) is 15.5. The monoisotopic (exact) mass is 402 g/mol. The van der Waals surface area contributed by atoms with Gasteiger partial charge in [0.15, 0.2) is 6.61 Å². The van der Waals surface area contributed by atoms with Crippen LogP contribution in [0.4, 0.5) is 4.79 Å². The number of hydrogen-bond acceptors (Lipinski definition) is 5. The lowest BCUT2D eigenvalue weighted by Crippen LogP contribution is -3.08. The molecular weight excluding hydrogens is 378 g/mol. The summed E-state index contributed by atoms with van der Waals surface area (Å²) < 4.78 is 4.98. The van der Waals surface area contributed by atoms with E-state index in [1.165, 1.54) is 42.8 Å². The second-order valence-electron chi connectivity index (χ2n) is 6.72. The molecule has 8 heteroatoms. The van der Waals surface area contributed by atoms with Gasteiger partial charge in [0.1, 0.15) is 6.54 Å². The number of rotatable bonds is 7. The van der Waals surface area contributed by atoms with Gasteiger partial charge in [-0.05, 0) is 23.6 Å². The van der Waals surface area contributed by atoms with Crippen LogP contribution in [0.5, 0.6) is 0 Å². The van der Waals surface area contributed by atoms with Gasteiger partial charge in [0.05, 0.1) is 25.2 Å². The lowest BCUT2D eigenvalue weighted by Gasteiger charge is -2.12. The molecule has 1 saturated heterocycles. The molecule has 1 aromatic carbocycles. The van der Waals surface area contributed by atoms with Gasteiger partial charge in [-0.2, -0.15) is 0 Å². The van der Waals surface area contributed by atoms with Crippen LogP contribution in [0.15, 0.2) is 41.8 Å². The first-order chi connectivity index (χ1) is 13.6. The summed E-state index contributed by atoms with van der Waals surface area (Å²) in [6.45, 7) is 3.17. The van der Waals surface area contributed by atoms with E-state index in [2.05, 4.69) is 10.6 Å². The molecule has 7 nitrogen and oxygen atoms in total. The first-order valence-corrected chi connectivity index (χ1v) is 10.2. The van der Waals surface area contributed by atoms with Crippen LogP contribution in [-0.4, -0.2) is 37.6 Å². The summed E-state index contributed by atoms with van der Waals surface area (Å²) in [5.74, 6) is -1.26. The number of nitrogens with one attached hydrogen (secondary N) is 3. The number of benzene rings is 1. The largest absolute Gasteiger partial charge is 0.452 e. The average Bonchev–Trinajstić information content (AvgIpc) is 3.39. The van der Waals surface area contributed by atoms with Crippen molar-refractivity contribution in [3.63, 3.8) is 0 Å². The fourth-order valence-electron chi connectivity index (χ4n) is 3.10. The predicted octanol–water partition coefficient (Wildman–Crippen LogP) is 1.11. The summed E-state index contributed by atoms with van der Waals surface area (Å²) in [6, 6.07) is 10.4. The fourth-order valence-corrected chi connectivity index (χ4v) is 3.75. The van der Waals surface area contributed by atoms with Gasteiger partial charge in [-0.15, -0.1) is 11.3 Å². The van der Waals surface area contributed by atoms with Crippen molar-refractivity contribution in [1.29, 1.82) is 0 Å². The van der Waals surface area contributed by atoms with Gasteiger partial charge < -0.3 is 15.0 Å². The standard InChI is InChI=1S/C20H23N3O4S/c24-18(22-20(26)21-12-17-4-3-11-28-17)14-27-19(25)16-7-5-15(6-8-16)13-23-9-1-2-10-23/h3-8,11H,1-2,9-10,12-14H2,(H2,21,22,24,26)/p+1. The zero-order valence-corrected chi connectivity index (χ0v) is 16.3. The van der Waals surface area contributed by atoms with Gasteiger partial charge in [-0.3, -0.25) is 10.1 Å². The smallest absolute Gasteiger partial charge is 0.338 e. The molecular formula is C20H24N3O4S+. The molecule has 1 aliphatic heterocycles. The highest BCUT2D eigenvalue weighted by Crippen LogP contribution is 2.07. The van der Waals surface area contributed by atoms with E-state index < -0.39 is 24.5 Å². The van der Waals surface area contributed by atoms with Gasteiger partial charge >= 0.3 is 12.0 Å². The number of carbonyl (C=O) groups excluding carboxylic acids is 3. The molecule has 0 aliphatic carbocycles. The highest BCUT2D eigenvalue weighted by Gasteiger charge is 2.16. The van der Waals surface area contributed by atoms with Gasteiger partial charge in [0.2, 0.25) is 0 Å². The summed E-state index contributed by atoms with van der Waals surface area (Å²) in [6.07, 6.45) is 2.54. The summed E-state index contributed by atoms with van der Waals surface area (Å²) in [4.78, 5) is 38.0. The molecule has 0 spiro atoms. The van der Waals surface area contributed by atoms with E-state index in [1.807, 2.05) is 29.6 Å². The van der Waals surface area contributed by atoms with Crippen molar-refractivity contribution in [2.45, 2.75) is 25.9 Å². The third-order valence-corrected chi connectivity index (χ3v) is 5.42. The summed E-state index contributed by atoms with van der Waals surface area (Å²) in [7, 11) is 0. The lowest BCUT2D eigenvalue weighted by atomic mass is 10.1. The number of urea groups is 1. The number of carbonyl (C=O) groups is 3. The molecule has 1 aromatic heterocycles. The highest BCUT2D eigenvalue weighted by molar-refractivity contribution is 7.09. The minimum atomic E-state index is -0.675. The number of hydrogen-bond donors (Lipinski definition) is 3. The second kappa shape index (κ2) is 10.0. The molecule has 2 aromatic rings. The Morgan fingerprint density at radius 3 is 2.50 bits per heavy atom. The number of ether oxygens (including phenoxy) is 1. The maximum absolute atomic E-state index is 12.1. The quantitative estimate of drug-likeness (QED) is 0.606. The Bertz CT molecular complexity index is 799. The van der Waals surface area contributed by atoms with Gasteiger partial charge in [-0.1, -0.05) is 18.2 Å². The number of likely N-dealkylation sites (tertiary alicyclic amines) is 1. The molecule has 0 bridgehead atoms. The van der Waals surface area contributed by atoms with Crippen molar-refractivity contribution in [2.75, 3.05) is 19.7 Å². The normalized spacial score (nSPS) is 13.9. The Morgan fingerprint density at radius 1 is 1.07 bits per heavy atom. The number of amides is 3. The topological polar surface area (TPSA) is 88.9 Å². The van der Waals surface area contributed by atoms with E-state index in [9.17, 15) is 14.4 Å². The van der Waals surface area contributed by atoms with Crippen molar-refractivity contribution >= 4 is 29.2 Å². The van der Waals surface area contributed by atoms with Crippen LogP contribution in [0.3, 0.4) is 0 Å². The Kier molecular flexibility index (Phi) is 7.16. The van der Waals surface area contributed by atoms with Crippen LogP contribution in [0.2, 0.25) is 0 Å². The molecule has 0 atom stereocenters. The molecule has 28 heavy (non-hydrogen) atoms. The summed E-state index contributed by atoms with van der Waals surface area (Å²) >= 11 is 1.51. The van der Waals surface area contributed by atoms with Crippen molar-refractivity contribution < 1.29 is 24.0 Å². The molecule has 148 valence electrons. The van der Waals surface area contributed by atoms with Crippen LogP contribution in [0.25, 0.3) is 0 Å². The van der Waals surface area contributed by atoms with E-state index in [0.29, 0.717) is 12.1 Å². The Hall–Kier alpha value is -2.71. The number of imide groups is 1. The van der Waals surface area contributed by atoms with Crippen molar-refractivity contribution in [3.8, 4) is 0 Å². The molecule has 3 amide bonds. The summed E-state index contributed by atoms with van der Waals surface area (Å²) in [5, 5.41) is 6.60. The van der Waals surface area contributed by atoms with Crippen molar-refractivity contribution in [2.24, 2.45) is 0 Å². The van der Waals surface area contributed by atoms with Crippen molar-refractivity contribution in [1.82, 2.24) is 10.6 Å². The van der Waals surface area contributed by atoms with E-state index >= 15 is 0 Å². The maximum atomic E-state index is 12.1. The molecule has 0 radical (unpaired) electrons. The molecule has 3 N–H and O–H groups in total. The van der Waals surface area contributed by atoms with Crippen LogP contribution < -0.4 is 15.5 Å². The van der Waals surface area contributed by atoms with Crippen LogP contribution in [-0.2, 0) is 22.6 Å². The van der Waals surface area contributed by atoms with E-state index in [4.69, 9.17) is 4.74 Å². The summed E-state index contributed by atoms with van der Waals surface area (Å²) in [5.41, 5.74) is 1.56. The van der Waals surface area contributed by atoms with E-state index in [-0.39, 0.29) is 0 Å². The Balaban J connectivity index is 1.37. The predicted molar refractivity (Wildman–Crippen MR) is 105 cm³/mol. The minimum absolute atomic E-state index is 0.335. The molecule has 3 rings (SSSR count). The van der Waals surface area contributed by atoms with Gasteiger partial charge in [-0.25, -0.2) is 9.59 Å². The SMILES string of the molecule is O=C(COC(=O)c1ccc(C[NH+]2CCCC2)cc1)NC(=O)NCc1cccs1. The molecule has 0 saturated carbocycles. The number of esters is 1. The zero-order chi connectivity index (χ0) is 19.8. The van der Waals surface area contributed by atoms with Crippen LogP contribution >= 0.6 is 11.3 Å². The third-order valence-electron chi connectivity index (χ3n) is 4.55. The first kappa shape index (κ1) is 20.0. The Morgan fingerprint density at radius 2 is 1.82 bits per heavy atom.